The Morgan fingerprint density at radius 1 is 1.42 bits per heavy atom. The lowest BCUT2D eigenvalue weighted by Crippen LogP contribution is -1.85. The van der Waals surface area contributed by atoms with Crippen LogP contribution in [0.25, 0.3) is 6.08 Å². The molecule has 62 valence electrons. The van der Waals surface area contributed by atoms with Crippen molar-refractivity contribution in [2.24, 2.45) is 0 Å². The highest BCUT2D eigenvalue weighted by molar-refractivity contribution is 5.50. The van der Waals surface area contributed by atoms with E-state index in [1.165, 1.54) is 24.0 Å². The van der Waals surface area contributed by atoms with Crippen LogP contribution < -0.4 is 0 Å². The van der Waals surface area contributed by atoms with E-state index in [1.54, 1.807) is 5.56 Å². The van der Waals surface area contributed by atoms with Crippen molar-refractivity contribution in [3.05, 3.63) is 41.5 Å². The molecule has 0 aromatic heterocycles. The summed E-state index contributed by atoms with van der Waals surface area (Å²) in [6.45, 7) is 5.96. The van der Waals surface area contributed by atoms with E-state index in [1.807, 2.05) is 6.08 Å². The summed E-state index contributed by atoms with van der Waals surface area (Å²) in [5, 5.41) is 0. The van der Waals surface area contributed by atoms with Gasteiger partial charge in [-0.25, -0.2) is 0 Å². The van der Waals surface area contributed by atoms with Gasteiger partial charge in [0, 0.05) is 0 Å². The average molecular weight is 158 g/mol. The van der Waals surface area contributed by atoms with Crippen LogP contribution in [0.3, 0.4) is 0 Å². The van der Waals surface area contributed by atoms with Crippen LogP contribution in [0.1, 0.15) is 35.4 Å². The zero-order valence-electron chi connectivity index (χ0n) is 7.51. The molecule has 1 saturated carbocycles. The molecule has 0 unspecified atom stereocenters. The minimum atomic E-state index is 0.865. The third-order valence-corrected chi connectivity index (χ3v) is 2.55. The molecular formula is C12H14. The number of hydrogen-bond acceptors (Lipinski definition) is 0. The Hall–Kier alpha value is -1.04. The Labute approximate surface area is 73.9 Å². The van der Waals surface area contributed by atoms with Crippen molar-refractivity contribution >= 4 is 6.08 Å². The molecule has 0 bridgehead atoms. The Morgan fingerprint density at radius 2 is 2.17 bits per heavy atom. The van der Waals surface area contributed by atoms with Crippen molar-refractivity contribution in [3.63, 3.8) is 0 Å². The Morgan fingerprint density at radius 3 is 2.67 bits per heavy atom. The minimum Gasteiger partial charge on any atom is -0.0985 e. The van der Waals surface area contributed by atoms with Gasteiger partial charge in [-0.15, -0.1) is 0 Å². The SMILES string of the molecule is C=Cc1ccc(C2CC2)c(C)c1. The first-order valence-corrected chi connectivity index (χ1v) is 4.54. The summed E-state index contributed by atoms with van der Waals surface area (Å²) in [5.41, 5.74) is 4.20. The summed E-state index contributed by atoms with van der Waals surface area (Å²) in [5.74, 6) is 0.865. The molecule has 12 heavy (non-hydrogen) atoms. The lowest BCUT2D eigenvalue weighted by molar-refractivity contribution is 1.10. The van der Waals surface area contributed by atoms with Gasteiger partial charge in [0.1, 0.15) is 0 Å². The Kier molecular flexibility index (Phi) is 1.76. The predicted octanol–water partition coefficient (Wildman–Crippen LogP) is 3.52. The molecule has 0 spiro atoms. The molecule has 1 aliphatic carbocycles. The first-order valence-electron chi connectivity index (χ1n) is 4.54. The van der Waals surface area contributed by atoms with Gasteiger partial charge in [0.2, 0.25) is 0 Å². The molecule has 1 aromatic carbocycles. The summed E-state index contributed by atoms with van der Waals surface area (Å²) >= 11 is 0. The standard InChI is InChI=1S/C12H14/c1-3-10-4-7-12(9(2)8-10)11-5-6-11/h3-4,7-8,11H,1,5-6H2,2H3. The lowest BCUT2D eigenvalue weighted by Gasteiger charge is -2.04. The number of rotatable bonds is 2. The van der Waals surface area contributed by atoms with Crippen LogP contribution in [-0.2, 0) is 0 Å². The molecule has 0 aliphatic heterocycles. The fourth-order valence-electron chi connectivity index (χ4n) is 1.68. The van der Waals surface area contributed by atoms with Crippen molar-refractivity contribution < 1.29 is 0 Å². The van der Waals surface area contributed by atoms with Crippen molar-refractivity contribution in [1.29, 1.82) is 0 Å². The summed E-state index contributed by atoms with van der Waals surface area (Å²) in [6, 6.07) is 6.64. The molecule has 0 nitrogen and oxygen atoms in total. The van der Waals surface area contributed by atoms with Gasteiger partial charge >= 0.3 is 0 Å². The minimum absolute atomic E-state index is 0.865. The lowest BCUT2D eigenvalue weighted by atomic mass is 10.0. The molecule has 0 atom stereocenters. The van der Waals surface area contributed by atoms with E-state index in [0.29, 0.717) is 0 Å². The van der Waals surface area contributed by atoms with Crippen LogP contribution in [0.15, 0.2) is 24.8 Å². The fourth-order valence-corrected chi connectivity index (χ4v) is 1.68. The number of benzene rings is 1. The summed E-state index contributed by atoms with van der Waals surface area (Å²) in [6.07, 6.45) is 4.67. The second-order valence-corrected chi connectivity index (χ2v) is 3.59. The van der Waals surface area contributed by atoms with E-state index in [-0.39, 0.29) is 0 Å². The van der Waals surface area contributed by atoms with E-state index in [4.69, 9.17) is 0 Å². The first kappa shape index (κ1) is 7.60. The Balaban J connectivity index is 2.38. The third-order valence-electron chi connectivity index (χ3n) is 2.55. The van der Waals surface area contributed by atoms with Gasteiger partial charge in [0.25, 0.3) is 0 Å². The summed E-state index contributed by atoms with van der Waals surface area (Å²) < 4.78 is 0. The number of hydrogen-bond donors (Lipinski definition) is 0. The van der Waals surface area contributed by atoms with Crippen LogP contribution in [0.2, 0.25) is 0 Å². The zero-order chi connectivity index (χ0) is 8.55. The van der Waals surface area contributed by atoms with Crippen molar-refractivity contribution in [3.8, 4) is 0 Å². The molecule has 0 heterocycles. The maximum atomic E-state index is 3.76. The van der Waals surface area contributed by atoms with E-state index >= 15 is 0 Å². The maximum absolute atomic E-state index is 3.76. The van der Waals surface area contributed by atoms with Gasteiger partial charge in [-0.3, -0.25) is 0 Å². The van der Waals surface area contributed by atoms with E-state index in [2.05, 4.69) is 31.7 Å². The molecule has 1 aliphatic rings. The van der Waals surface area contributed by atoms with E-state index < -0.39 is 0 Å². The highest BCUT2D eigenvalue weighted by atomic mass is 14.3. The van der Waals surface area contributed by atoms with E-state index in [9.17, 15) is 0 Å². The van der Waals surface area contributed by atoms with Crippen LogP contribution in [-0.4, -0.2) is 0 Å². The predicted molar refractivity (Wildman–Crippen MR) is 53.2 cm³/mol. The molecule has 0 heteroatoms. The van der Waals surface area contributed by atoms with Crippen LogP contribution in [0, 0.1) is 6.92 Å². The molecule has 0 N–H and O–H groups in total. The largest absolute Gasteiger partial charge is 0.0985 e. The summed E-state index contributed by atoms with van der Waals surface area (Å²) in [4.78, 5) is 0. The summed E-state index contributed by atoms with van der Waals surface area (Å²) in [7, 11) is 0. The van der Waals surface area contributed by atoms with Gasteiger partial charge in [-0.2, -0.15) is 0 Å². The molecule has 1 aromatic rings. The molecular weight excluding hydrogens is 144 g/mol. The quantitative estimate of drug-likeness (QED) is 0.617. The molecule has 2 rings (SSSR count). The molecule has 0 amide bonds. The fraction of sp³-hybridized carbons (Fsp3) is 0.333. The smallest absolute Gasteiger partial charge is 0.0159 e. The van der Waals surface area contributed by atoms with E-state index in [0.717, 1.165) is 5.92 Å². The monoisotopic (exact) mass is 158 g/mol. The van der Waals surface area contributed by atoms with Gasteiger partial charge in [0.15, 0.2) is 0 Å². The van der Waals surface area contributed by atoms with Gasteiger partial charge < -0.3 is 0 Å². The molecule has 1 fully saturated rings. The topological polar surface area (TPSA) is 0 Å². The molecule has 0 radical (unpaired) electrons. The second-order valence-electron chi connectivity index (χ2n) is 3.59. The zero-order valence-corrected chi connectivity index (χ0v) is 7.51. The molecule has 0 saturated heterocycles. The highest BCUT2D eigenvalue weighted by Crippen LogP contribution is 2.41. The highest BCUT2D eigenvalue weighted by Gasteiger charge is 2.24. The number of aryl methyl sites for hydroxylation is 1. The average Bonchev–Trinajstić information content (AvgIpc) is 2.87. The van der Waals surface area contributed by atoms with Crippen molar-refractivity contribution in [2.45, 2.75) is 25.7 Å². The van der Waals surface area contributed by atoms with Crippen LogP contribution in [0.4, 0.5) is 0 Å². The van der Waals surface area contributed by atoms with Crippen molar-refractivity contribution in [2.75, 3.05) is 0 Å². The third kappa shape index (κ3) is 1.29. The normalized spacial score (nSPS) is 16.1. The van der Waals surface area contributed by atoms with Crippen molar-refractivity contribution in [1.82, 2.24) is 0 Å². The van der Waals surface area contributed by atoms with Gasteiger partial charge in [0.05, 0.1) is 0 Å². The van der Waals surface area contributed by atoms with Gasteiger partial charge in [-0.05, 0) is 42.4 Å². The Bertz CT molecular complexity index is 306. The van der Waals surface area contributed by atoms with Crippen LogP contribution in [0.5, 0.6) is 0 Å². The maximum Gasteiger partial charge on any atom is -0.0159 e. The van der Waals surface area contributed by atoms with Gasteiger partial charge in [-0.1, -0.05) is 30.9 Å². The van der Waals surface area contributed by atoms with Crippen LogP contribution >= 0.6 is 0 Å². The first-order chi connectivity index (χ1) is 5.81. The second kappa shape index (κ2) is 2.78.